The first kappa shape index (κ1) is 22.2. The average Bonchev–Trinajstić information content (AvgIpc) is 2.88. The van der Waals surface area contributed by atoms with Gasteiger partial charge in [0.15, 0.2) is 0 Å². The number of hydrogen-bond donors (Lipinski definition) is 0. The van der Waals surface area contributed by atoms with Gasteiger partial charge in [-0.2, -0.15) is 0 Å². The van der Waals surface area contributed by atoms with Crippen LogP contribution in [0.5, 0.6) is 11.5 Å². The first-order valence-electron chi connectivity index (χ1n) is 10.9. The van der Waals surface area contributed by atoms with Gasteiger partial charge >= 0.3 is 0 Å². The third-order valence-corrected chi connectivity index (χ3v) is 5.37. The second-order valence-corrected chi connectivity index (χ2v) is 7.80. The van der Waals surface area contributed by atoms with E-state index in [0.29, 0.717) is 25.3 Å². The van der Waals surface area contributed by atoms with Gasteiger partial charge in [0.2, 0.25) is 0 Å². The predicted octanol–water partition coefficient (Wildman–Crippen LogP) is 6.12. The summed E-state index contributed by atoms with van der Waals surface area (Å²) in [6.45, 7) is 1.52. The van der Waals surface area contributed by atoms with E-state index in [4.69, 9.17) is 9.47 Å². The molecule has 0 saturated heterocycles. The number of carbonyl (C=O) groups is 1. The van der Waals surface area contributed by atoms with Gasteiger partial charge in [0.1, 0.15) is 18.1 Å². The number of carbonyl (C=O) groups excluding carboxylic acids is 1. The normalized spacial score (nSPS) is 10.5. The minimum Gasteiger partial charge on any atom is -0.497 e. The van der Waals surface area contributed by atoms with Crippen molar-refractivity contribution in [2.45, 2.75) is 19.7 Å². The van der Waals surface area contributed by atoms with Crippen LogP contribution in [0.1, 0.15) is 27.0 Å². The summed E-state index contributed by atoms with van der Waals surface area (Å²) in [5.74, 6) is 1.50. The number of amides is 1. The van der Waals surface area contributed by atoms with Gasteiger partial charge in [0.25, 0.3) is 5.91 Å². The lowest BCUT2D eigenvalue weighted by Gasteiger charge is -2.23. The molecule has 0 bridgehead atoms. The molecule has 4 aromatic rings. The topological polar surface area (TPSA) is 38.8 Å². The average molecular weight is 438 g/mol. The Morgan fingerprint density at radius 3 is 1.82 bits per heavy atom. The summed E-state index contributed by atoms with van der Waals surface area (Å²) in [6, 6.07) is 35.3. The Kier molecular flexibility index (Phi) is 7.39. The molecule has 0 heterocycles. The Hall–Kier alpha value is -4.05. The highest BCUT2D eigenvalue weighted by Crippen LogP contribution is 2.20. The zero-order valence-electron chi connectivity index (χ0n) is 18.7. The molecule has 166 valence electrons. The van der Waals surface area contributed by atoms with E-state index in [9.17, 15) is 4.79 Å². The molecular formula is C29H27NO3. The largest absolute Gasteiger partial charge is 0.497 e. The summed E-state index contributed by atoms with van der Waals surface area (Å²) < 4.78 is 11.1. The summed E-state index contributed by atoms with van der Waals surface area (Å²) in [6.07, 6.45) is 0. The molecule has 1 amide bonds. The van der Waals surface area contributed by atoms with Crippen molar-refractivity contribution in [3.8, 4) is 11.5 Å². The van der Waals surface area contributed by atoms with E-state index in [2.05, 4.69) is 0 Å². The number of hydrogen-bond acceptors (Lipinski definition) is 3. The number of benzene rings is 4. The summed E-state index contributed by atoms with van der Waals surface area (Å²) >= 11 is 0. The zero-order valence-corrected chi connectivity index (χ0v) is 18.7. The van der Waals surface area contributed by atoms with E-state index in [0.717, 1.165) is 28.2 Å². The molecule has 4 heteroatoms. The Morgan fingerprint density at radius 1 is 0.667 bits per heavy atom. The molecule has 4 aromatic carbocycles. The van der Waals surface area contributed by atoms with Crippen LogP contribution in [0.25, 0.3) is 0 Å². The van der Waals surface area contributed by atoms with Gasteiger partial charge < -0.3 is 14.4 Å². The quantitative estimate of drug-likeness (QED) is 0.317. The van der Waals surface area contributed by atoms with Gasteiger partial charge in [-0.05, 0) is 41.0 Å². The van der Waals surface area contributed by atoms with Crippen molar-refractivity contribution in [1.82, 2.24) is 4.90 Å². The molecule has 4 nitrogen and oxygen atoms in total. The molecule has 0 aromatic heterocycles. The molecule has 0 aliphatic heterocycles. The first-order chi connectivity index (χ1) is 16.2. The van der Waals surface area contributed by atoms with Crippen molar-refractivity contribution in [2.24, 2.45) is 0 Å². The molecule has 0 unspecified atom stereocenters. The third-order valence-electron chi connectivity index (χ3n) is 5.37. The van der Waals surface area contributed by atoms with Crippen LogP contribution in [0.3, 0.4) is 0 Å². The Morgan fingerprint density at radius 2 is 1.24 bits per heavy atom. The monoisotopic (exact) mass is 437 g/mol. The molecule has 0 atom stereocenters. The zero-order chi connectivity index (χ0) is 22.9. The molecule has 33 heavy (non-hydrogen) atoms. The molecule has 0 fully saturated rings. The van der Waals surface area contributed by atoms with Crippen LogP contribution in [-0.2, 0) is 19.7 Å². The van der Waals surface area contributed by atoms with E-state index in [1.165, 1.54) is 0 Å². The van der Waals surface area contributed by atoms with Crippen molar-refractivity contribution < 1.29 is 14.3 Å². The fourth-order valence-corrected chi connectivity index (χ4v) is 3.59. The maximum absolute atomic E-state index is 13.4. The lowest BCUT2D eigenvalue weighted by atomic mass is 10.1. The molecule has 0 N–H and O–H groups in total. The van der Waals surface area contributed by atoms with E-state index in [1.807, 2.05) is 114 Å². The second kappa shape index (κ2) is 11.0. The fourth-order valence-electron chi connectivity index (χ4n) is 3.59. The lowest BCUT2D eigenvalue weighted by Crippen LogP contribution is -2.30. The molecule has 4 rings (SSSR count). The van der Waals surface area contributed by atoms with E-state index in [1.54, 1.807) is 7.11 Å². The van der Waals surface area contributed by atoms with Crippen LogP contribution < -0.4 is 9.47 Å². The van der Waals surface area contributed by atoms with E-state index < -0.39 is 0 Å². The van der Waals surface area contributed by atoms with Gasteiger partial charge in [-0.1, -0.05) is 78.9 Å². The lowest BCUT2D eigenvalue weighted by molar-refractivity contribution is 0.0730. The van der Waals surface area contributed by atoms with Gasteiger partial charge in [-0.25, -0.2) is 0 Å². The number of ether oxygens (including phenoxy) is 2. The minimum absolute atomic E-state index is 0.00275. The van der Waals surface area contributed by atoms with Crippen molar-refractivity contribution in [3.05, 3.63) is 131 Å². The van der Waals surface area contributed by atoms with Gasteiger partial charge in [-0.3, -0.25) is 4.79 Å². The number of rotatable bonds is 9. The van der Waals surface area contributed by atoms with Crippen LogP contribution in [0.4, 0.5) is 0 Å². The standard InChI is InChI=1S/C29H27NO3/c1-32-27-13-8-14-28(19-27)33-22-25-15-17-26(18-16-25)29(31)30(20-23-9-4-2-5-10-23)21-24-11-6-3-7-12-24/h2-19H,20-22H2,1H3. The third kappa shape index (κ3) is 6.23. The molecule has 0 spiro atoms. The first-order valence-corrected chi connectivity index (χ1v) is 10.9. The molecular weight excluding hydrogens is 410 g/mol. The van der Waals surface area contributed by atoms with Crippen LogP contribution in [0, 0.1) is 0 Å². The number of methoxy groups -OCH3 is 1. The van der Waals surface area contributed by atoms with Gasteiger partial charge in [0, 0.05) is 24.7 Å². The van der Waals surface area contributed by atoms with E-state index >= 15 is 0 Å². The number of nitrogens with zero attached hydrogens (tertiary/aromatic N) is 1. The van der Waals surface area contributed by atoms with Crippen LogP contribution in [0.15, 0.2) is 109 Å². The highest BCUT2D eigenvalue weighted by atomic mass is 16.5. The Bertz CT molecular complexity index is 1120. The maximum atomic E-state index is 13.4. The summed E-state index contributed by atoms with van der Waals surface area (Å²) in [5.41, 5.74) is 3.86. The SMILES string of the molecule is COc1cccc(OCc2ccc(C(=O)N(Cc3ccccc3)Cc3ccccc3)cc2)c1. The highest BCUT2D eigenvalue weighted by Gasteiger charge is 2.17. The van der Waals surface area contributed by atoms with Gasteiger partial charge in [-0.15, -0.1) is 0 Å². The summed E-state index contributed by atoms with van der Waals surface area (Å²) in [5, 5.41) is 0. The molecule has 0 aliphatic rings. The molecule has 0 aliphatic carbocycles. The minimum atomic E-state index is 0.00275. The fraction of sp³-hybridized carbons (Fsp3) is 0.138. The Balaban J connectivity index is 1.46. The summed E-state index contributed by atoms with van der Waals surface area (Å²) in [7, 11) is 1.63. The van der Waals surface area contributed by atoms with Crippen molar-refractivity contribution in [2.75, 3.05) is 7.11 Å². The van der Waals surface area contributed by atoms with Crippen molar-refractivity contribution in [1.29, 1.82) is 0 Å². The maximum Gasteiger partial charge on any atom is 0.254 e. The molecule has 0 saturated carbocycles. The van der Waals surface area contributed by atoms with Crippen LogP contribution in [0.2, 0.25) is 0 Å². The van der Waals surface area contributed by atoms with Gasteiger partial charge in [0.05, 0.1) is 7.11 Å². The van der Waals surface area contributed by atoms with Crippen LogP contribution in [-0.4, -0.2) is 17.9 Å². The summed E-state index contributed by atoms with van der Waals surface area (Å²) in [4.78, 5) is 15.3. The highest BCUT2D eigenvalue weighted by molar-refractivity contribution is 5.94. The smallest absolute Gasteiger partial charge is 0.254 e. The molecule has 0 radical (unpaired) electrons. The van der Waals surface area contributed by atoms with Crippen LogP contribution >= 0.6 is 0 Å². The van der Waals surface area contributed by atoms with Crippen molar-refractivity contribution >= 4 is 5.91 Å². The second-order valence-electron chi connectivity index (χ2n) is 7.80. The predicted molar refractivity (Wildman–Crippen MR) is 130 cm³/mol. The Labute approximate surface area is 195 Å². The van der Waals surface area contributed by atoms with Crippen molar-refractivity contribution in [3.63, 3.8) is 0 Å². The van der Waals surface area contributed by atoms with E-state index in [-0.39, 0.29) is 5.91 Å².